The van der Waals surface area contributed by atoms with E-state index in [4.69, 9.17) is 0 Å². The van der Waals surface area contributed by atoms with Crippen molar-refractivity contribution >= 4 is 5.91 Å². The van der Waals surface area contributed by atoms with Gasteiger partial charge in [-0.1, -0.05) is 34.6 Å². The molecule has 2 rings (SSSR count). The van der Waals surface area contributed by atoms with E-state index in [0.717, 1.165) is 43.7 Å². The molecule has 1 aliphatic rings. The Bertz CT molecular complexity index is 511. The van der Waals surface area contributed by atoms with Crippen LogP contribution in [-0.2, 0) is 16.6 Å². The maximum atomic E-state index is 12.0. The van der Waals surface area contributed by atoms with Gasteiger partial charge in [0, 0.05) is 35.8 Å². The first-order chi connectivity index (χ1) is 10.3. The molecule has 122 valence electrons. The summed E-state index contributed by atoms with van der Waals surface area (Å²) in [4.78, 5) is 22.9. The second kappa shape index (κ2) is 6.76. The lowest BCUT2D eigenvalue weighted by atomic mass is 9.88. The normalized spacial score (nSPS) is 17.1. The van der Waals surface area contributed by atoms with Crippen LogP contribution >= 0.6 is 0 Å². The lowest BCUT2D eigenvalue weighted by Crippen LogP contribution is -2.41. The van der Waals surface area contributed by atoms with Crippen LogP contribution in [0.3, 0.4) is 0 Å². The first-order valence-electron chi connectivity index (χ1n) is 8.37. The second-order valence-corrected chi connectivity index (χ2v) is 7.77. The molecule has 0 saturated carbocycles. The third kappa shape index (κ3) is 4.28. The Balaban J connectivity index is 1.93. The second-order valence-electron chi connectivity index (χ2n) is 7.77. The minimum absolute atomic E-state index is 0.0603. The van der Waals surface area contributed by atoms with Gasteiger partial charge < -0.3 is 4.90 Å². The summed E-state index contributed by atoms with van der Waals surface area (Å²) in [5, 5.41) is 0. The molecule has 1 amide bonds. The van der Waals surface area contributed by atoms with E-state index in [0.29, 0.717) is 5.92 Å². The first kappa shape index (κ1) is 16.9. The number of nitrogens with zero attached hydrogens (tertiary/aromatic N) is 3. The molecular formula is C18H29N3O. The summed E-state index contributed by atoms with van der Waals surface area (Å²) in [6, 6.07) is 2.14. The van der Waals surface area contributed by atoms with Gasteiger partial charge in [0.05, 0.1) is 0 Å². The zero-order chi connectivity index (χ0) is 16.3. The number of hydrogen-bond donors (Lipinski definition) is 0. The number of carbonyl (C=O) groups excluding carboxylic acids is 1. The lowest BCUT2D eigenvalue weighted by Gasteiger charge is -2.33. The number of aromatic nitrogens is 2. The number of carbonyl (C=O) groups is 1. The van der Waals surface area contributed by atoms with Crippen LogP contribution in [0.5, 0.6) is 0 Å². The quantitative estimate of drug-likeness (QED) is 0.861. The van der Waals surface area contributed by atoms with Crippen molar-refractivity contribution in [3.63, 3.8) is 0 Å². The minimum atomic E-state index is 0.0603. The predicted octanol–water partition coefficient (Wildman–Crippen LogP) is 3.21. The van der Waals surface area contributed by atoms with Crippen molar-refractivity contribution in [1.29, 1.82) is 0 Å². The Kier molecular flexibility index (Phi) is 5.20. The fraction of sp³-hybridized carbons (Fsp3) is 0.722. The number of likely N-dealkylation sites (tertiary alicyclic amines) is 1. The van der Waals surface area contributed by atoms with Gasteiger partial charge in [0.1, 0.15) is 6.33 Å². The van der Waals surface area contributed by atoms with Crippen LogP contribution in [0.1, 0.15) is 58.8 Å². The lowest BCUT2D eigenvalue weighted by molar-refractivity contribution is -0.135. The summed E-state index contributed by atoms with van der Waals surface area (Å²) in [7, 11) is 0. The Morgan fingerprint density at radius 1 is 1.27 bits per heavy atom. The zero-order valence-electron chi connectivity index (χ0n) is 14.6. The summed E-state index contributed by atoms with van der Waals surface area (Å²) in [6.45, 7) is 12.3. The third-order valence-electron chi connectivity index (χ3n) is 4.41. The van der Waals surface area contributed by atoms with E-state index < -0.39 is 0 Å². The molecule has 0 aromatic carbocycles. The highest BCUT2D eigenvalue weighted by Crippen LogP contribution is 2.24. The predicted molar refractivity (Wildman–Crippen MR) is 88.6 cm³/mol. The number of piperidine rings is 1. The van der Waals surface area contributed by atoms with Gasteiger partial charge >= 0.3 is 0 Å². The molecule has 0 unspecified atom stereocenters. The zero-order valence-corrected chi connectivity index (χ0v) is 14.6. The number of amides is 1. The van der Waals surface area contributed by atoms with Crippen LogP contribution in [0.25, 0.3) is 0 Å². The Morgan fingerprint density at radius 2 is 1.91 bits per heavy atom. The molecule has 0 bridgehead atoms. The average Bonchev–Trinajstić information content (AvgIpc) is 2.46. The highest BCUT2D eigenvalue weighted by Gasteiger charge is 2.25. The van der Waals surface area contributed by atoms with Gasteiger partial charge in [0.25, 0.3) is 0 Å². The number of rotatable bonds is 3. The van der Waals surface area contributed by atoms with Crippen molar-refractivity contribution in [2.75, 3.05) is 13.1 Å². The van der Waals surface area contributed by atoms with E-state index in [1.54, 1.807) is 6.33 Å². The molecule has 2 heterocycles. The SMILES string of the molecule is CC(C)C(=O)N1CCC(Cc2cc(C(C)(C)C)ncn2)CC1. The molecule has 1 fully saturated rings. The fourth-order valence-corrected chi connectivity index (χ4v) is 2.94. The van der Waals surface area contributed by atoms with E-state index in [1.807, 2.05) is 18.7 Å². The van der Waals surface area contributed by atoms with E-state index in [1.165, 1.54) is 0 Å². The molecule has 0 aliphatic carbocycles. The molecule has 0 radical (unpaired) electrons. The van der Waals surface area contributed by atoms with Crippen LogP contribution < -0.4 is 0 Å². The maximum absolute atomic E-state index is 12.0. The van der Waals surface area contributed by atoms with Crippen molar-refractivity contribution in [2.45, 2.75) is 59.3 Å². The molecule has 1 aromatic heterocycles. The Morgan fingerprint density at radius 3 is 2.45 bits per heavy atom. The van der Waals surface area contributed by atoms with Crippen LogP contribution in [0.15, 0.2) is 12.4 Å². The molecule has 22 heavy (non-hydrogen) atoms. The molecular weight excluding hydrogens is 274 g/mol. The molecule has 1 aliphatic heterocycles. The summed E-state index contributed by atoms with van der Waals surface area (Å²) in [5.74, 6) is 1.02. The van der Waals surface area contributed by atoms with Crippen molar-refractivity contribution in [3.05, 3.63) is 23.8 Å². The van der Waals surface area contributed by atoms with Gasteiger partial charge in [-0.2, -0.15) is 0 Å². The Labute approximate surface area is 134 Å². The van der Waals surface area contributed by atoms with Crippen molar-refractivity contribution < 1.29 is 4.79 Å². The minimum Gasteiger partial charge on any atom is -0.342 e. The third-order valence-corrected chi connectivity index (χ3v) is 4.41. The monoisotopic (exact) mass is 303 g/mol. The van der Waals surface area contributed by atoms with Crippen molar-refractivity contribution in [2.24, 2.45) is 11.8 Å². The highest BCUT2D eigenvalue weighted by atomic mass is 16.2. The van der Waals surface area contributed by atoms with Crippen molar-refractivity contribution in [3.8, 4) is 0 Å². The topological polar surface area (TPSA) is 46.1 Å². The van der Waals surface area contributed by atoms with Crippen LogP contribution in [-0.4, -0.2) is 33.9 Å². The van der Waals surface area contributed by atoms with Crippen molar-refractivity contribution in [1.82, 2.24) is 14.9 Å². The van der Waals surface area contributed by atoms with Crippen LogP contribution in [0.2, 0.25) is 0 Å². The number of hydrogen-bond acceptors (Lipinski definition) is 3. The molecule has 0 spiro atoms. The molecule has 1 aromatic rings. The van der Waals surface area contributed by atoms with E-state index in [-0.39, 0.29) is 17.2 Å². The van der Waals surface area contributed by atoms with Gasteiger partial charge in [-0.05, 0) is 31.2 Å². The molecule has 0 N–H and O–H groups in total. The van der Waals surface area contributed by atoms with Crippen LogP contribution in [0.4, 0.5) is 0 Å². The summed E-state index contributed by atoms with van der Waals surface area (Å²) in [6.07, 6.45) is 4.84. The fourth-order valence-electron chi connectivity index (χ4n) is 2.94. The average molecular weight is 303 g/mol. The van der Waals surface area contributed by atoms with Gasteiger partial charge in [-0.25, -0.2) is 9.97 Å². The van der Waals surface area contributed by atoms with E-state index in [9.17, 15) is 4.79 Å². The van der Waals surface area contributed by atoms with E-state index >= 15 is 0 Å². The van der Waals surface area contributed by atoms with Gasteiger partial charge in [0.15, 0.2) is 0 Å². The summed E-state index contributed by atoms with van der Waals surface area (Å²) < 4.78 is 0. The highest BCUT2D eigenvalue weighted by molar-refractivity contribution is 5.78. The molecule has 1 saturated heterocycles. The maximum Gasteiger partial charge on any atom is 0.225 e. The Hall–Kier alpha value is -1.45. The molecule has 4 nitrogen and oxygen atoms in total. The van der Waals surface area contributed by atoms with Crippen LogP contribution in [0, 0.1) is 11.8 Å². The first-order valence-corrected chi connectivity index (χ1v) is 8.37. The molecule has 0 atom stereocenters. The van der Waals surface area contributed by atoms with Gasteiger partial charge in [0.2, 0.25) is 5.91 Å². The summed E-state index contributed by atoms with van der Waals surface area (Å²) >= 11 is 0. The molecule has 4 heteroatoms. The van der Waals surface area contributed by atoms with Gasteiger partial charge in [-0.15, -0.1) is 0 Å². The van der Waals surface area contributed by atoms with E-state index in [2.05, 4.69) is 36.8 Å². The smallest absolute Gasteiger partial charge is 0.225 e. The standard InChI is InChI=1S/C18H29N3O/c1-13(2)17(22)21-8-6-14(7-9-21)10-15-11-16(18(3,4)5)20-12-19-15/h11-14H,6-10H2,1-5H3. The largest absolute Gasteiger partial charge is 0.342 e. The summed E-state index contributed by atoms with van der Waals surface area (Å²) in [5.41, 5.74) is 2.29. The van der Waals surface area contributed by atoms with Gasteiger partial charge in [-0.3, -0.25) is 4.79 Å².